The smallest absolute Gasteiger partial charge is 0.290 e. The highest BCUT2D eigenvalue weighted by Gasteiger charge is 2.42. The molecular formula is C20H26ClNO3. The van der Waals surface area contributed by atoms with Crippen molar-refractivity contribution in [3.05, 3.63) is 46.2 Å². The molecule has 0 saturated heterocycles. The maximum atomic E-state index is 12.6. The number of hydrogen-bond acceptors (Lipinski definition) is 3. The Morgan fingerprint density at radius 3 is 2.44 bits per heavy atom. The van der Waals surface area contributed by atoms with E-state index >= 15 is 0 Å². The normalized spacial score (nSPS) is 18.8. The van der Waals surface area contributed by atoms with Crippen LogP contribution >= 0.6 is 11.6 Å². The Bertz CT molecular complexity index is 666. The maximum Gasteiger partial charge on any atom is 0.290 e. The number of hydrogen-bond donors (Lipinski definition) is 1. The van der Waals surface area contributed by atoms with Gasteiger partial charge in [-0.25, -0.2) is 0 Å². The molecule has 2 atom stereocenters. The molecule has 0 bridgehead atoms. The number of benzene rings is 1. The number of nitrogens with zero attached hydrogens (tertiary/aromatic N) is 1. The fourth-order valence-electron chi connectivity index (χ4n) is 3.39. The van der Waals surface area contributed by atoms with Crippen LogP contribution in [0.4, 0.5) is 0 Å². The Labute approximate surface area is 154 Å². The number of aliphatic hydroxyl groups is 1. The molecule has 136 valence electrons. The highest BCUT2D eigenvalue weighted by molar-refractivity contribution is 6.30. The average Bonchev–Trinajstić information content (AvgIpc) is 2.84. The molecule has 2 unspecified atom stereocenters. The lowest BCUT2D eigenvalue weighted by Gasteiger charge is -2.30. The van der Waals surface area contributed by atoms with Gasteiger partial charge in [-0.1, -0.05) is 56.8 Å². The average molecular weight is 364 g/mol. The molecule has 1 N–H and O–H groups in total. The monoisotopic (exact) mass is 363 g/mol. The molecule has 0 fully saturated rings. The molecule has 1 aliphatic rings. The van der Waals surface area contributed by atoms with Gasteiger partial charge in [0.05, 0.1) is 11.6 Å². The van der Waals surface area contributed by atoms with Crippen molar-refractivity contribution in [3.63, 3.8) is 0 Å². The third-order valence-corrected chi connectivity index (χ3v) is 5.12. The standard InChI is InChI=1S/C20H26ClNO3/c1-4-6-7-14(5-2)12-22-18(15-8-10-16(21)11-9-15)17(13(3)23)19(24)20(22)25/h8-11,14,18,24H,4-7,12H2,1-3H3. The second-order valence-corrected chi connectivity index (χ2v) is 7.08. The maximum absolute atomic E-state index is 12.6. The minimum atomic E-state index is -0.544. The van der Waals surface area contributed by atoms with Gasteiger partial charge in [0.1, 0.15) is 0 Å². The molecule has 1 heterocycles. The second kappa shape index (κ2) is 8.52. The summed E-state index contributed by atoms with van der Waals surface area (Å²) in [6.07, 6.45) is 4.19. The summed E-state index contributed by atoms with van der Waals surface area (Å²) in [4.78, 5) is 26.4. The topological polar surface area (TPSA) is 57.6 Å². The lowest BCUT2D eigenvalue weighted by Crippen LogP contribution is -2.35. The summed E-state index contributed by atoms with van der Waals surface area (Å²) in [5, 5.41) is 10.9. The van der Waals surface area contributed by atoms with Crippen LogP contribution in [0, 0.1) is 5.92 Å². The summed E-state index contributed by atoms with van der Waals surface area (Å²) in [7, 11) is 0. The van der Waals surface area contributed by atoms with Crippen LogP contribution in [0.5, 0.6) is 0 Å². The van der Waals surface area contributed by atoms with Gasteiger partial charge < -0.3 is 10.0 Å². The van der Waals surface area contributed by atoms with E-state index < -0.39 is 17.7 Å². The van der Waals surface area contributed by atoms with Crippen molar-refractivity contribution in [1.82, 2.24) is 4.90 Å². The summed E-state index contributed by atoms with van der Waals surface area (Å²) in [6.45, 7) is 6.17. The Morgan fingerprint density at radius 1 is 1.28 bits per heavy atom. The Kier molecular flexibility index (Phi) is 6.65. The van der Waals surface area contributed by atoms with Crippen LogP contribution in [0.3, 0.4) is 0 Å². The van der Waals surface area contributed by atoms with Gasteiger partial charge in [0.15, 0.2) is 11.5 Å². The van der Waals surface area contributed by atoms with E-state index in [0.29, 0.717) is 17.5 Å². The van der Waals surface area contributed by atoms with Crippen molar-refractivity contribution in [2.75, 3.05) is 6.54 Å². The fraction of sp³-hybridized carbons (Fsp3) is 0.500. The highest BCUT2D eigenvalue weighted by Crippen LogP contribution is 2.39. The van der Waals surface area contributed by atoms with Crippen molar-refractivity contribution in [3.8, 4) is 0 Å². The Morgan fingerprint density at radius 2 is 1.92 bits per heavy atom. The summed E-state index contributed by atoms with van der Waals surface area (Å²) >= 11 is 5.97. The van der Waals surface area contributed by atoms with Gasteiger partial charge in [0.2, 0.25) is 0 Å². The summed E-state index contributed by atoms with van der Waals surface area (Å²) in [5.41, 5.74) is 0.968. The quantitative estimate of drug-likeness (QED) is 0.718. The van der Waals surface area contributed by atoms with Gasteiger partial charge >= 0.3 is 0 Å². The molecule has 5 heteroatoms. The number of amides is 1. The molecule has 1 aliphatic heterocycles. The first-order valence-electron chi connectivity index (χ1n) is 8.91. The van der Waals surface area contributed by atoms with E-state index in [1.54, 1.807) is 17.0 Å². The van der Waals surface area contributed by atoms with Gasteiger partial charge in [0.25, 0.3) is 5.91 Å². The van der Waals surface area contributed by atoms with E-state index in [9.17, 15) is 14.7 Å². The first-order valence-corrected chi connectivity index (χ1v) is 9.28. The summed E-state index contributed by atoms with van der Waals surface area (Å²) in [6, 6.07) is 6.55. The fourth-order valence-corrected chi connectivity index (χ4v) is 3.51. The molecule has 0 saturated carbocycles. The van der Waals surface area contributed by atoms with Crippen LogP contribution in [0.2, 0.25) is 5.02 Å². The lowest BCUT2D eigenvalue weighted by molar-refractivity contribution is -0.130. The minimum absolute atomic E-state index is 0.178. The molecule has 0 spiro atoms. The van der Waals surface area contributed by atoms with Crippen LogP contribution in [-0.2, 0) is 9.59 Å². The number of carbonyl (C=O) groups is 2. The van der Waals surface area contributed by atoms with E-state index in [2.05, 4.69) is 13.8 Å². The molecule has 0 aliphatic carbocycles. The van der Waals surface area contributed by atoms with E-state index in [1.807, 2.05) is 12.1 Å². The third kappa shape index (κ3) is 4.24. The number of unbranched alkanes of at least 4 members (excludes halogenated alkanes) is 1. The second-order valence-electron chi connectivity index (χ2n) is 6.65. The molecule has 4 nitrogen and oxygen atoms in total. The van der Waals surface area contributed by atoms with Gasteiger partial charge in [-0.15, -0.1) is 0 Å². The molecule has 2 rings (SSSR count). The van der Waals surface area contributed by atoms with Crippen LogP contribution in [0.25, 0.3) is 0 Å². The molecule has 1 aromatic rings. The zero-order chi connectivity index (χ0) is 18.6. The van der Waals surface area contributed by atoms with Gasteiger partial charge in [-0.2, -0.15) is 0 Å². The first kappa shape index (κ1) is 19.5. The molecule has 1 aromatic carbocycles. The lowest BCUT2D eigenvalue weighted by atomic mass is 9.94. The predicted molar refractivity (Wildman–Crippen MR) is 99.5 cm³/mol. The number of Topliss-reactive ketones (excluding diaryl/α,β-unsaturated/α-hetero) is 1. The van der Waals surface area contributed by atoms with Crippen molar-refractivity contribution in [2.45, 2.75) is 52.5 Å². The zero-order valence-corrected chi connectivity index (χ0v) is 15.8. The van der Waals surface area contributed by atoms with Gasteiger partial charge in [-0.3, -0.25) is 9.59 Å². The SMILES string of the molecule is CCCCC(CC)CN1C(=O)C(O)=C(C(C)=O)C1c1ccc(Cl)cc1. The number of carbonyl (C=O) groups excluding carboxylic acids is 2. The molecule has 0 aromatic heterocycles. The van der Waals surface area contributed by atoms with Crippen molar-refractivity contribution in [2.24, 2.45) is 5.92 Å². The van der Waals surface area contributed by atoms with E-state index in [-0.39, 0.29) is 11.4 Å². The largest absolute Gasteiger partial charge is 0.503 e. The molecular weight excluding hydrogens is 338 g/mol. The highest BCUT2D eigenvalue weighted by atomic mass is 35.5. The van der Waals surface area contributed by atoms with Crippen LogP contribution in [0.15, 0.2) is 35.6 Å². The van der Waals surface area contributed by atoms with Crippen molar-refractivity contribution >= 4 is 23.3 Å². The minimum Gasteiger partial charge on any atom is -0.503 e. The molecule has 0 radical (unpaired) electrons. The number of ketones is 1. The van der Waals surface area contributed by atoms with E-state index in [1.165, 1.54) is 6.92 Å². The van der Waals surface area contributed by atoms with Crippen LogP contribution in [0.1, 0.15) is 58.1 Å². The number of rotatable bonds is 8. The number of aliphatic hydroxyl groups excluding tert-OH is 1. The van der Waals surface area contributed by atoms with Crippen molar-refractivity contribution in [1.29, 1.82) is 0 Å². The third-order valence-electron chi connectivity index (χ3n) is 4.87. The van der Waals surface area contributed by atoms with Crippen LogP contribution < -0.4 is 0 Å². The Hall–Kier alpha value is -1.81. The predicted octanol–water partition coefficient (Wildman–Crippen LogP) is 4.84. The van der Waals surface area contributed by atoms with Crippen molar-refractivity contribution < 1.29 is 14.7 Å². The number of halogens is 1. The first-order chi connectivity index (χ1) is 11.9. The molecule has 1 amide bonds. The zero-order valence-electron chi connectivity index (χ0n) is 15.1. The van der Waals surface area contributed by atoms with E-state index in [4.69, 9.17) is 11.6 Å². The van der Waals surface area contributed by atoms with Crippen LogP contribution in [-0.4, -0.2) is 28.2 Å². The molecule has 25 heavy (non-hydrogen) atoms. The summed E-state index contributed by atoms with van der Waals surface area (Å²) < 4.78 is 0. The summed E-state index contributed by atoms with van der Waals surface area (Å²) in [5.74, 6) is -0.814. The Balaban J connectivity index is 2.37. The van der Waals surface area contributed by atoms with E-state index in [0.717, 1.165) is 31.2 Å². The van der Waals surface area contributed by atoms with Gasteiger partial charge in [-0.05, 0) is 37.0 Å². The van der Waals surface area contributed by atoms with Gasteiger partial charge in [0, 0.05) is 11.6 Å².